The summed E-state index contributed by atoms with van der Waals surface area (Å²) in [5.41, 5.74) is 8.43. The molecule has 2 atom stereocenters. The van der Waals surface area contributed by atoms with E-state index in [-0.39, 0.29) is 0 Å². The van der Waals surface area contributed by atoms with Gasteiger partial charge in [-0.05, 0) is 42.3 Å². The Bertz CT molecular complexity index is 267. The van der Waals surface area contributed by atoms with E-state index >= 15 is 0 Å². The highest BCUT2D eigenvalue weighted by Gasteiger charge is 2.27. The zero-order chi connectivity index (χ0) is 8.55. The fourth-order valence-corrected chi connectivity index (χ4v) is 2.08. The smallest absolute Gasteiger partial charge is 0.0940 e. The average Bonchev–Trinajstić information content (AvgIpc) is 2.62. The van der Waals surface area contributed by atoms with Crippen molar-refractivity contribution in [3.63, 3.8) is 0 Å². The Morgan fingerprint density at radius 3 is 3.25 bits per heavy atom. The zero-order valence-electron chi connectivity index (χ0n) is 7.42. The lowest BCUT2D eigenvalue weighted by Gasteiger charge is -2.16. The van der Waals surface area contributed by atoms with Crippen LogP contribution in [0.15, 0.2) is 16.9 Å². The van der Waals surface area contributed by atoms with Gasteiger partial charge in [0, 0.05) is 0 Å². The predicted octanol–water partition coefficient (Wildman–Crippen LogP) is 1.90. The van der Waals surface area contributed by atoms with E-state index in [1.807, 2.05) is 12.5 Å². The molecule has 0 aromatic carbocycles. The van der Waals surface area contributed by atoms with E-state index < -0.39 is 0 Å². The fourth-order valence-electron chi connectivity index (χ4n) is 2.08. The van der Waals surface area contributed by atoms with Crippen molar-refractivity contribution in [1.29, 1.82) is 0 Å². The van der Waals surface area contributed by atoms with Gasteiger partial charge in [0.15, 0.2) is 0 Å². The third kappa shape index (κ3) is 1.07. The van der Waals surface area contributed by atoms with Gasteiger partial charge in [0.2, 0.25) is 0 Å². The molecule has 0 saturated carbocycles. The van der Waals surface area contributed by atoms with Crippen molar-refractivity contribution in [3.8, 4) is 0 Å². The van der Waals surface area contributed by atoms with Gasteiger partial charge in [-0.1, -0.05) is 6.92 Å². The van der Waals surface area contributed by atoms with Gasteiger partial charge in [-0.15, -0.1) is 0 Å². The molecule has 1 aromatic heterocycles. The first kappa shape index (κ1) is 7.87. The maximum atomic E-state index is 5.65. The predicted molar refractivity (Wildman–Crippen MR) is 48.0 cm³/mol. The number of hydrogen-bond acceptors (Lipinski definition) is 2. The first-order valence-electron chi connectivity index (χ1n) is 4.58. The summed E-state index contributed by atoms with van der Waals surface area (Å²) in [5.74, 6) is 1.23. The second-order valence-electron chi connectivity index (χ2n) is 3.71. The van der Waals surface area contributed by atoms with Gasteiger partial charge in [-0.25, -0.2) is 0 Å². The molecule has 0 bridgehead atoms. The maximum absolute atomic E-state index is 5.65. The Labute approximate surface area is 72.7 Å². The van der Waals surface area contributed by atoms with E-state index in [2.05, 4.69) is 6.92 Å². The lowest BCUT2D eigenvalue weighted by atomic mass is 9.90. The van der Waals surface area contributed by atoms with Crippen LogP contribution in [0.1, 0.15) is 30.4 Å². The van der Waals surface area contributed by atoms with Crippen molar-refractivity contribution in [2.45, 2.75) is 25.7 Å². The van der Waals surface area contributed by atoms with Crippen molar-refractivity contribution in [3.05, 3.63) is 23.7 Å². The molecular weight excluding hydrogens is 150 g/mol. The Hall–Kier alpha value is -0.760. The van der Waals surface area contributed by atoms with Crippen molar-refractivity contribution in [1.82, 2.24) is 0 Å². The van der Waals surface area contributed by atoms with Gasteiger partial charge in [0.05, 0.1) is 12.5 Å². The quantitative estimate of drug-likeness (QED) is 0.727. The first-order chi connectivity index (χ1) is 5.83. The van der Waals surface area contributed by atoms with Crippen LogP contribution in [0, 0.1) is 5.92 Å². The summed E-state index contributed by atoms with van der Waals surface area (Å²) in [4.78, 5) is 0. The molecule has 0 spiro atoms. The van der Waals surface area contributed by atoms with Crippen LogP contribution in [0.5, 0.6) is 0 Å². The first-order valence-corrected chi connectivity index (χ1v) is 4.58. The third-order valence-electron chi connectivity index (χ3n) is 2.96. The van der Waals surface area contributed by atoms with Gasteiger partial charge >= 0.3 is 0 Å². The normalized spacial score (nSPS) is 24.0. The topological polar surface area (TPSA) is 39.2 Å². The molecule has 2 rings (SSSR count). The van der Waals surface area contributed by atoms with Gasteiger partial charge < -0.3 is 10.2 Å². The second-order valence-corrected chi connectivity index (χ2v) is 3.71. The van der Waals surface area contributed by atoms with Crippen molar-refractivity contribution in [2.24, 2.45) is 11.7 Å². The van der Waals surface area contributed by atoms with E-state index in [0.29, 0.717) is 11.8 Å². The molecule has 0 fully saturated rings. The molecule has 1 aliphatic carbocycles. The summed E-state index contributed by atoms with van der Waals surface area (Å²) >= 11 is 0. The van der Waals surface area contributed by atoms with Crippen molar-refractivity contribution >= 4 is 0 Å². The molecule has 2 N–H and O–H groups in total. The van der Waals surface area contributed by atoms with Crippen molar-refractivity contribution < 1.29 is 4.42 Å². The fraction of sp³-hybridized carbons (Fsp3) is 0.600. The zero-order valence-corrected chi connectivity index (χ0v) is 7.42. The van der Waals surface area contributed by atoms with Gasteiger partial charge in [-0.2, -0.15) is 0 Å². The summed E-state index contributed by atoms with van der Waals surface area (Å²) in [5, 5.41) is 0. The van der Waals surface area contributed by atoms with E-state index in [4.69, 9.17) is 10.2 Å². The van der Waals surface area contributed by atoms with Gasteiger partial charge in [0.25, 0.3) is 0 Å². The summed E-state index contributed by atoms with van der Waals surface area (Å²) in [6.45, 7) is 2.99. The van der Waals surface area contributed by atoms with E-state index in [0.717, 1.165) is 6.54 Å². The summed E-state index contributed by atoms with van der Waals surface area (Å²) in [6.07, 6.45) is 6.18. The van der Waals surface area contributed by atoms with E-state index in [1.54, 1.807) is 0 Å². The SMILES string of the molecule is CC(CN)C1CCc2cocc21. The van der Waals surface area contributed by atoms with Crippen LogP contribution in [-0.4, -0.2) is 6.54 Å². The monoisotopic (exact) mass is 165 g/mol. The number of nitrogens with two attached hydrogens (primary N) is 1. The molecule has 2 nitrogen and oxygen atoms in total. The highest BCUT2D eigenvalue weighted by atomic mass is 16.3. The summed E-state index contributed by atoms with van der Waals surface area (Å²) in [7, 11) is 0. The summed E-state index contributed by atoms with van der Waals surface area (Å²) in [6, 6.07) is 0. The Morgan fingerprint density at radius 2 is 2.50 bits per heavy atom. The summed E-state index contributed by atoms with van der Waals surface area (Å²) < 4.78 is 5.17. The van der Waals surface area contributed by atoms with Crippen LogP contribution < -0.4 is 5.73 Å². The minimum absolute atomic E-state index is 0.587. The third-order valence-corrected chi connectivity index (χ3v) is 2.96. The highest BCUT2D eigenvalue weighted by molar-refractivity contribution is 5.30. The van der Waals surface area contributed by atoms with Crippen LogP contribution in [0.3, 0.4) is 0 Å². The largest absolute Gasteiger partial charge is 0.472 e. The van der Waals surface area contributed by atoms with Crippen LogP contribution >= 0.6 is 0 Å². The number of hydrogen-bond donors (Lipinski definition) is 1. The highest BCUT2D eigenvalue weighted by Crippen LogP contribution is 2.38. The number of fused-ring (bicyclic) bond motifs is 1. The van der Waals surface area contributed by atoms with Crippen LogP contribution in [0.4, 0.5) is 0 Å². The molecule has 0 aliphatic heterocycles. The molecule has 2 heteroatoms. The van der Waals surface area contributed by atoms with Gasteiger partial charge in [0.1, 0.15) is 0 Å². The van der Waals surface area contributed by atoms with E-state index in [9.17, 15) is 0 Å². The lowest BCUT2D eigenvalue weighted by molar-refractivity contribution is 0.453. The Morgan fingerprint density at radius 1 is 1.67 bits per heavy atom. The Kier molecular flexibility index (Phi) is 1.93. The molecule has 2 unspecified atom stereocenters. The molecular formula is C10H15NO. The van der Waals surface area contributed by atoms with E-state index in [1.165, 1.54) is 24.0 Å². The number of furan rings is 1. The van der Waals surface area contributed by atoms with Gasteiger partial charge in [-0.3, -0.25) is 0 Å². The molecule has 0 amide bonds. The number of rotatable bonds is 2. The second kappa shape index (κ2) is 2.94. The molecule has 12 heavy (non-hydrogen) atoms. The molecule has 0 saturated heterocycles. The minimum atomic E-state index is 0.587. The van der Waals surface area contributed by atoms with Crippen LogP contribution in [0.25, 0.3) is 0 Å². The minimum Gasteiger partial charge on any atom is -0.472 e. The molecule has 1 aromatic rings. The molecule has 66 valence electrons. The molecule has 1 heterocycles. The average molecular weight is 165 g/mol. The molecule has 0 radical (unpaired) electrons. The Balaban J connectivity index is 2.22. The van der Waals surface area contributed by atoms with Crippen LogP contribution in [0.2, 0.25) is 0 Å². The standard InChI is InChI=1S/C10H15NO/c1-7(4-11)9-3-2-8-5-12-6-10(8)9/h5-7,9H,2-4,11H2,1H3. The van der Waals surface area contributed by atoms with Crippen molar-refractivity contribution in [2.75, 3.05) is 6.54 Å². The lowest BCUT2D eigenvalue weighted by Crippen LogP contribution is -2.17. The maximum Gasteiger partial charge on any atom is 0.0940 e. The number of aryl methyl sites for hydroxylation is 1. The van der Waals surface area contributed by atoms with Crippen LogP contribution in [-0.2, 0) is 6.42 Å². The molecule has 1 aliphatic rings.